The monoisotopic (exact) mass is 349 g/mol. The molecule has 0 spiro atoms. The molecule has 0 saturated heterocycles. The fraction of sp³-hybridized carbons (Fsp3) is 0.389. The highest BCUT2D eigenvalue weighted by molar-refractivity contribution is 7.91. The molecule has 1 aromatic carbocycles. The van der Waals surface area contributed by atoms with E-state index in [1.54, 1.807) is 25.1 Å². The number of rotatable bonds is 3. The van der Waals surface area contributed by atoms with E-state index in [-0.39, 0.29) is 15.9 Å². The van der Waals surface area contributed by atoms with Crippen molar-refractivity contribution in [2.24, 2.45) is 0 Å². The van der Waals surface area contributed by atoms with Gasteiger partial charge in [0.25, 0.3) is 5.56 Å². The summed E-state index contributed by atoms with van der Waals surface area (Å²) in [6.07, 6.45) is 2.67. The van der Waals surface area contributed by atoms with Gasteiger partial charge in [-0.15, -0.1) is 0 Å². The van der Waals surface area contributed by atoms with Gasteiger partial charge in [0.2, 0.25) is 0 Å². The zero-order chi connectivity index (χ0) is 18.3. The number of aromatic amines is 1. The molecule has 2 aromatic rings. The van der Waals surface area contributed by atoms with E-state index in [1.165, 1.54) is 13.3 Å². The molecule has 130 valence electrons. The zero-order valence-electron chi connectivity index (χ0n) is 14.9. The van der Waals surface area contributed by atoms with Crippen LogP contribution in [0.5, 0.6) is 5.75 Å². The van der Waals surface area contributed by atoms with Crippen LogP contribution in [-0.4, -0.2) is 26.8 Å². The number of benzene rings is 1. The number of ether oxygens (including phenoxy) is 1. The van der Waals surface area contributed by atoms with Crippen LogP contribution in [0.25, 0.3) is 11.1 Å². The average molecular weight is 349 g/mol. The van der Waals surface area contributed by atoms with Gasteiger partial charge < -0.3 is 9.72 Å². The van der Waals surface area contributed by atoms with Crippen LogP contribution in [0.2, 0.25) is 0 Å². The lowest BCUT2D eigenvalue weighted by molar-refractivity contribution is 0.393. The van der Waals surface area contributed by atoms with Crippen molar-refractivity contribution in [1.82, 2.24) is 4.98 Å². The van der Waals surface area contributed by atoms with Crippen LogP contribution in [0.1, 0.15) is 31.9 Å². The molecule has 0 aliphatic rings. The Hall–Kier alpha value is -2.08. The maximum atomic E-state index is 12.4. The third-order valence-electron chi connectivity index (χ3n) is 3.95. The lowest BCUT2D eigenvalue weighted by Gasteiger charge is -2.26. The van der Waals surface area contributed by atoms with Crippen molar-refractivity contribution in [1.29, 1.82) is 0 Å². The Morgan fingerprint density at radius 2 is 1.79 bits per heavy atom. The Labute approximate surface area is 142 Å². The number of H-pyrrole nitrogens is 1. The van der Waals surface area contributed by atoms with Gasteiger partial charge in [-0.1, -0.05) is 20.8 Å². The number of sulfone groups is 1. The van der Waals surface area contributed by atoms with Crippen molar-refractivity contribution in [2.45, 2.75) is 38.0 Å². The minimum atomic E-state index is -3.56. The van der Waals surface area contributed by atoms with Crippen molar-refractivity contribution in [3.05, 3.63) is 45.9 Å². The largest absolute Gasteiger partial charge is 0.496 e. The van der Waals surface area contributed by atoms with Crippen LogP contribution in [0.3, 0.4) is 0 Å². The van der Waals surface area contributed by atoms with E-state index in [2.05, 4.69) is 4.98 Å². The summed E-state index contributed by atoms with van der Waals surface area (Å²) < 4.78 is 30.4. The molecule has 0 aliphatic heterocycles. The highest BCUT2D eigenvalue weighted by atomic mass is 32.2. The lowest BCUT2D eigenvalue weighted by atomic mass is 9.83. The summed E-state index contributed by atoms with van der Waals surface area (Å²) in [5.41, 5.74) is 1.50. The Kier molecular flexibility index (Phi) is 4.63. The second-order valence-corrected chi connectivity index (χ2v) is 8.85. The maximum absolute atomic E-state index is 12.4. The van der Waals surface area contributed by atoms with Gasteiger partial charge in [0.05, 0.1) is 12.0 Å². The second-order valence-electron chi connectivity index (χ2n) is 6.89. The predicted octanol–water partition coefficient (Wildman–Crippen LogP) is 3.06. The van der Waals surface area contributed by atoms with Crippen LogP contribution in [0.15, 0.2) is 34.1 Å². The van der Waals surface area contributed by atoms with E-state index >= 15 is 0 Å². The molecule has 1 heterocycles. The summed E-state index contributed by atoms with van der Waals surface area (Å²) in [6, 6.07) is 5.06. The van der Waals surface area contributed by atoms with Crippen LogP contribution < -0.4 is 10.3 Å². The fourth-order valence-corrected chi connectivity index (χ4v) is 4.13. The van der Waals surface area contributed by atoms with Crippen LogP contribution in [0, 0.1) is 6.92 Å². The lowest BCUT2D eigenvalue weighted by Crippen LogP contribution is -2.18. The van der Waals surface area contributed by atoms with Crippen molar-refractivity contribution >= 4 is 9.84 Å². The Balaban J connectivity index is 3.06. The fourth-order valence-electron chi connectivity index (χ4n) is 2.91. The number of aromatic nitrogens is 1. The number of hydrogen-bond donors (Lipinski definition) is 1. The van der Waals surface area contributed by atoms with Crippen LogP contribution in [-0.2, 0) is 15.3 Å². The first-order chi connectivity index (χ1) is 11.0. The summed E-state index contributed by atoms with van der Waals surface area (Å²) >= 11 is 0. The molecule has 0 atom stereocenters. The zero-order valence-corrected chi connectivity index (χ0v) is 15.7. The smallest absolute Gasteiger partial charge is 0.255 e. The minimum absolute atomic E-state index is 0.129. The third kappa shape index (κ3) is 3.24. The van der Waals surface area contributed by atoms with Gasteiger partial charge in [0.1, 0.15) is 5.75 Å². The van der Waals surface area contributed by atoms with Gasteiger partial charge in [-0.25, -0.2) is 8.42 Å². The molecule has 2 rings (SSSR count). The highest BCUT2D eigenvalue weighted by Crippen LogP contribution is 2.41. The summed E-state index contributed by atoms with van der Waals surface area (Å²) in [4.78, 5) is 15.0. The first kappa shape index (κ1) is 18.3. The van der Waals surface area contributed by atoms with Gasteiger partial charge in [-0.3, -0.25) is 4.79 Å². The van der Waals surface area contributed by atoms with Gasteiger partial charge in [0.15, 0.2) is 9.84 Å². The topological polar surface area (TPSA) is 76.2 Å². The maximum Gasteiger partial charge on any atom is 0.255 e. The van der Waals surface area contributed by atoms with Gasteiger partial charge in [0, 0.05) is 34.7 Å². The quantitative estimate of drug-likeness (QED) is 0.924. The van der Waals surface area contributed by atoms with Gasteiger partial charge in [-0.2, -0.15) is 0 Å². The molecular formula is C18H23NO4S. The van der Waals surface area contributed by atoms with Gasteiger partial charge >= 0.3 is 0 Å². The van der Waals surface area contributed by atoms with E-state index in [0.717, 1.165) is 11.8 Å². The summed E-state index contributed by atoms with van der Waals surface area (Å²) in [5, 5.41) is 0. The molecule has 0 fully saturated rings. The SMILES string of the molecule is COc1c(C(C)(C)C)cc(-c2ccc[nH]c2=O)c(S(C)(=O)=O)c1C. The van der Waals surface area contributed by atoms with Crippen molar-refractivity contribution in [2.75, 3.05) is 13.4 Å². The van der Waals surface area contributed by atoms with E-state index in [4.69, 9.17) is 4.74 Å². The normalized spacial score (nSPS) is 12.2. The van der Waals surface area contributed by atoms with Crippen molar-refractivity contribution in [3.8, 4) is 16.9 Å². The van der Waals surface area contributed by atoms with E-state index < -0.39 is 9.84 Å². The summed E-state index contributed by atoms with van der Waals surface area (Å²) in [7, 11) is -2.03. The Bertz CT molecular complexity index is 934. The highest BCUT2D eigenvalue weighted by Gasteiger charge is 2.28. The van der Waals surface area contributed by atoms with E-state index in [0.29, 0.717) is 22.4 Å². The van der Waals surface area contributed by atoms with Crippen LogP contribution >= 0.6 is 0 Å². The molecular weight excluding hydrogens is 326 g/mol. The molecule has 5 nitrogen and oxygen atoms in total. The first-order valence-electron chi connectivity index (χ1n) is 7.58. The molecule has 0 saturated carbocycles. The molecule has 1 N–H and O–H groups in total. The molecule has 0 bridgehead atoms. The van der Waals surface area contributed by atoms with E-state index in [1.807, 2.05) is 20.8 Å². The van der Waals surface area contributed by atoms with E-state index in [9.17, 15) is 13.2 Å². The first-order valence-corrected chi connectivity index (χ1v) is 9.47. The molecule has 0 amide bonds. The molecule has 0 radical (unpaired) electrons. The van der Waals surface area contributed by atoms with Gasteiger partial charge in [-0.05, 0) is 30.5 Å². The predicted molar refractivity (Wildman–Crippen MR) is 95.6 cm³/mol. The molecule has 24 heavy (non-hydrogen) atoms. The number of pyridine rings is 1. The number of hydrogen-bond acceptors (Lipinski definition) is 4. The molecule has 0 unspecified atom stereocenters. The molecule has 1 aromatic heterocycles. The third-order valence-corrected chi connectivity index (χ3v) is 5.22. The van der Waals surface area contributed by atoms with Crippen molar-refractivity contribution < 1.29 is 13.2 Å². The molecule has 6 heteroatoms. The number of methoxy groups -OCH3 is 1. The van der Waals surface area contributed by atoms with Crippen molar-refractivity contribution in [3.63, 3.8) is 0 Å². The summed E-state index contributed by atoms with van der Waals surface area (Å²) in [6.45, 7) is 7.77. The molecule has 0 aliphatic carbocycles. The second kappa shape index (κ2) is 6.09. The Morgan fingerprint density at radius 1 is 1.17 bits per heavy atom. The van der Waals surface area contributed by atoms with Crippen LogP contribution in [0.4, 0.5) is 0 Å². The average Bonchev–Trinajstić information content (AvgIpc) is 2.44. The Morgan fingerprint density at radius 3 is 2.25 bits per heavy atom. The minimum Gasteiger partial charge on any atom is -0.496 e. The number of nitrogens with one attached hydrogen (secondary N) is 1. The summed E-state index contributed by atoms with van der Waals surface area (Å²) in [5.74, 6) is 0.541. The standard InChI is InChI=1S/C18H23NO4S/c1-11-15(23-5)14(18(2,3)4)10-13(16(11)24(6,21)22)12-8-7-9-19-17(12)20/h7-10H,1-6H3,(H,19,20).